The van der Waals surface area contributed by atoms with Crippen LogP contribution in [0.1, 0.15) is 4.88 Å². The third kappa shape index (κ3) is 3.50. The summed E-state index contributed by atoms with van der Waals surface area (Å²) in [5.74, 6) is -1.02. The van der Waals surface area contributed by atoms with E-state index in [-0.39, 0.29) is 9.09 Å². The molecule has 1 rings (SSSR count). The number of nitriles is 1. The van der Waals surface area contributed by atoms with Crippen LogP contribution in [0.5, 0.6) is 0 Å². The molecule has 1 unspecified atom stereocenters. The lowest BCUT2D eigenvalue weighted by molar-refractivity contribution is -0.125. The van der Waals surface area contributed by atoms with Gasteiger partial charge in [0, 0.05) is 6.54 Å². The second-order valence-electron chi connectivity index (χ2n) is 3.00. The summed E-state index contributed by atoms with van der Waals surface area (Å²) in [6.45, 7) is -0.503. The molecule has 92 valence electrons. The Bertz CT molecular complexity index is 558. The molecule has 0 saturated heterocycles. The first-order valence-corrected chi connectivity index (χ1v) is 6.64. The van der Waals surface area contributed by atoms with Gasteiger partial charge >= 0.3 is 0 Å². The molecular weight excluding hydrogens is 266 g/mol. The van der Waals surface area contributed by atoms with Gasteiger partial charge in [0.05, 0.1) is 0 Å². The van der Waals surface area contributed by atoms with E-state index >= 15 is 0 Å². The third-order valence-corrected chi connectivity index (χ3v) is 4.66. The van der Waals surface area contributed by atoms with Crippen molar-refractivity contribution in [2.24, 2.45) is 5.73 Å². The molecule has 1 amide bonds. The maximum atomic E-state index is 11.6. The fourth-order valence-corrected chi connectivity index (χ4v) is 3.07. The molecule has 0 aliphatic heterocycles. The fraction of sp³-hybridized carbons (Fsp3) is 0.250. The summed E-state index contributed by atoms with van der Waals surface area (Å²) in [6, 6.07) is 4.44. The average Bonchev–Trinajstić information content (AvgIpc) is 2.75. The molecule has 0 spiro atoms. The lowest BCUT2D eigenvalue weighted by Crippen LogP contribution is -2.39. The van der Waals surface area contributed by atoms with Crippen molar-refractivity contribution in [1.29, 1.82) is 5.26 Å². The quantitative estimate of drug-likeness (QED) is 0.617. The summed E-state index contributed by atoms with van der Waals surface area (Å²) in [4.78, 5) is 10.8. The predicted molar refractivity (Wildman–Crippen MR) is 59.4 cm³/mol. The molecule has 1 aromatic rings. The minimum Gasteiger partial charge on any atom is -0.382 e. The largest absolute Gasteiger partial charge is 0.382 e. The molecule has 7 nitrogen and oxygen atoms in total. The van der Waals surface area contributed by atoms with E-state index in [0.29, 0.717) is 0 Å². The Morgan fingerprint density at radius 1 is 1.65 bits per heavy atom. The molecule has 0 radical (unpaired) electrons. The summed E-state index contributed by atoms with van der Waals surface area (Å²) in [6.07, 6.45) is -1.58. The SMILES string of the molecule is N#Cc1ccc(S(=O)(=O)NCC(O)C(N)=O)s1. The minimum absolute atomic E-state index is 0.0641. The lowest BCUT2D eigenvalue weighted by Gasteiger charge is -2.07. The highest BCUT2D eigenvalue weighted by atomic mass is 32.2. The number of nitrogens with one attached hydrogen (secondary N) is 1. The molecular formula is C8H9N3O4S2. The normalized spacial score (nSPS) is 12.9. The van der Waals surface area contributed by atoms with Gasteiger partial charge in [-0.15, -0.1) is 11.3 Å². The van der Waals surface area contributed by atoms with E-state index in [9.17, 15) is 13.2 Å². The summed E-state index contributed by atoms with van der Waals surface area (Å²) in [5, 5.41) is 17.6. The summed E-state index contributed by atoms with van der Waals surface area (Å²) in [5.41, 5.74) is 4.77. The van der Waals surface area contributed by atoms with Crippen molar-refractivity contribution in [2.45, 2.75) is 10.3 Å². The Kier molecular flexibility index (Phi) is 4.19. The van der Waals surface area contributed by atoms with Gasteiger partial charge < -0.3 is 10.8 Å². The number of carbonyl (C=O) groups is 1. The van der Waals surface area contributed by atoms with Crippen LogP contribution >= 0.6 is 11.3 Å². The Morgan fingerprint density at radius 3 is 2.76 bits per heavy atom. The predicted octanol–water partition coefficient (Wildman–Crippen LogP) is -1.26. The second kappa shape index (κ2) is 5.24. The van der Waals surface area contributed by atoms with Crippen molar-refractivity contribution in [1.82, 2.24) is 4.72 Å². The van der Waals surface area contributed by atoms with Gasteiger partial charge in [0.2, 0.25) is 15.9 Å². The molecule has 0 bridgehead atoms. The number of hydrogen-bond acceptors (Lipinski definition) is 6. The van der Waals surface area contributed by atoms with Crippen molar-refractivity contribution in [3.05, 3.63) is 17.0 Å². The van der Waals surface area contributed by atoms with Crippen molar-refractivity contribution >= 4 is 27.3 Å². The molecule has 0 saturated carbocycles. The van der Waals surface area contributed by atoms with E-state index in [2.05, 4.69) is 0 Å². The molecule has 4 N–H and O–H groups in total. The van der Waals surface area contributed by atoms with Gasteiger partial charge in [-0.3, -0.25) is 4.79 Å². The van der Waals surface area contributed by atoms with Gasteiger partial charge in [-0.25, -0.2) is 13.1 Å². The van der Waals surface area contributed by atoms with Crippen molar-refractivity contribution in [3.8, 4) is 6.07 Å². The molecule has 1 heterocycles. The van der Waals surface area contributed by atoms with E-state index in [0.717, 1.165) is 11.3 Å². The van der Waals surface area contributed by atoms with Crippen molar-refractivity contribution < 1.29 is 18.3 Å². The molecule has 0 fully saturated rings. The van der Waals surface area contributed by atoms with Crippen LogP contribution in [0.2, 0.25) is 0 Å². The number of nitrogens with zero attached hydrogens (tertiary/aromatic N) is 1. The Labute approximate surface area is 102 Å². The van der Waals surface area contributed by atoms with Gasteiger partial charge in [-0.1, -0.05) is 0 Å². The number of rotatable bonds is 5. The second-order valence-corrected chi connectivity index (χ2v) is 6.08. The number of aliphatic hydroxyl groups excluding tert-OH is 1. The molecule has 0 aromatic carbocycles. The number of primary amides is 1. The van der Waals surface area contributed by atoms with E-state index in [1.165, 1.54) is 12.1 Å². The van der Waals surface area contributed by atoms with Crippen LogP contribution in [-0.2, 0) is 14.8 Å². The maximum Gasteiger partial charge on any atom is 0.250 e. The number of carbonyl (C=O) groups excluding carboxylic acids is 1. The number of nitrogens with two attached hydrogens (primary N) is 1. The van der Waals surface area contributed by atoms with Gasteiger partial charge in [0.1, 0.15) is 21.3 Å². The van der Waals surface area contributed by atoms with Crippen LogP contribution in [0.15, 0.2) is 16.3 Å². The fourth-order valence-electron chi connectivity index (χ4n) is 0.885. The molecule has 0 aliphatic carbocycles. The van der Waals surface area contributed by atoms with E-state index < -0.39 is 28.6 Å². The van der Waals surface area contributed by atoms with Crippen molar-refractivity contribution in [2.75, 3.05) is 6.54 Å². The smallest absolute Gasteiger partial charge is 0.250 e. The first kappa shape index (κ1) is 13.6. The monoisotopic (exact) mass is 275 g/mol. The highest BCUT2D eigenvalue weighted by Gasteiger charge is 2.20. The number of thiophene rings is 1. The van der Waals surface area contributed by atoms with E-state index in [1.54, 1.807) is 6.07 Å². The lowest BCUT2D eigenvalue weighted by atomic mass is 10.3. The zero-order valence-electron chi connectivity index (χ0n) is 8.45. The average molecular weight is 275 g/mol. The highest BCUT2D eigenvalue weighted by molar-refractivity contribution is 7.91. The van der Waals surface area contributed by atoms with Crippen LogP contribution in [-0.4, -0.2) is 32.1 Å². The van der Waals surface area contributed by atoms with Crippen LogP contribution < -0.4 is 10.5 Å². The molecule has 17 heavy (non-hydrogen) atoms. The molecule has 1 atom stereocenters. The summed E-state index contributed by atoms with van der Waals surface area (Å²) in [7, 11) is -3.83. The zero-order chi connectivity index (χ0) is 13.1. The van der Waals surface area contributed by atoms with Crippen LogP contribution in [0.4, 0.5) is 0 Å². The Hall–Kier alpha value is -1.47. The molecule has 1 aromatic heterocycles. The van der Waals surface area contributed by atoms with E-state index in [4.69, 9.17) is 16.1 Å². The van der Waals surface area contributed by atoms with E-state index in [1.807, 2.05) is 4.72 Å². The van der Waals surface area contributed by atoms with Crippen LogP contribution in [0.3, 0.4) is 0 Å². The van der Waals surface area contributed by atoms with Crippen LogP contribution in [0.25, 0.3) is 0 Å². The number of hydrogen-bond donors (Lipinski definition) is 3. The molecule has 9 heteroatoms. The third-order valence-electron chi connectivity index (χ3n) is 1.75. The number of aliphatic hydroxyl groups is 1. The first-order chi connectivity index (χ1) is 7.86. The van der Waals surface area contributed by atoms with Gasteiger partial charge in [-0.2, -0.15) is 5.26 Å². The number of amides is 1. The zero-order valence-corrected chi connectivity index (χ0v) is 10.1. The molecule has 0 aliphatic rings. The minimum atomic E-state index is -3.83. The van der Waals surface area contributed by atoms with Gasteiger partial charge in [0.25, 0.3) is 0 Å². The topological polar surface area (TPSA) is 133 Å². The highest BCUT2D eigenvalue weighted by Crippen LogP contribution is 2.20. The summed E-state index contributed by atoms with van der Waals surface area (Å²) < 4.78 is 25.2. The van der Waals surface area contributed by atoms with Crippen molar-refractivity contribution in [3.63, 3.8) is 0 Å². The number of sulfonamides is 1. The standard InChI is InChI=1S/C8H9N3O4S2/c9-3-5-1-2-7(16-5)17(14,15)11-4-6(12)8(10)13/h1-2,6,11-12H,4H2,(H2,10,13). The maximum absolute atomic E-state index is 11.6. The van der Waals surface area contributed by atoms with Gasteiger partial charge in [0.15, 0.2) is 0 Å². The van der Waals surface area contributed by atoms with Gasteiger partial charge in [-0.05, 0) is 12.1 Å². The first-order valence-electron chi connectivity index (χ1n) is 4.34. The summed E-state index contributed by atoms with van der Waals surface area (Å²) >= 11 is 0.790. The Balaban J connectivity index is 2.76. The van der Waals surface area contributed by atoms with Crippen LogP contribution in [0, 0.1) is 11.3 Å². The Morgan fingerprint density at radius 2 is 2.29 bits per heavy atom.